The highest BCUT2D eigenvalue weighted by Crippen LogP contribution is 2.33. The second kappa shape index (κ2) is 10.6. The van der Waals surface area contributed by atoms with Gasteiger partial charge in [0.25, 0.3) is 0 Å². The summed E-state index contributed by atoms with van der Waals surface area (Å²) in [6.07, 6.45) is 4.42. The van der Waals surface area contributed by atoms with Gasteiger partial charge in [-0.25, -0.2) is 0 Å². The lowest BCUT2D eigenvalue weighted by Crippen LogP contribution is -2.34. The monoisotopic (exact) mass is 482 g/mol. The van der Waals surface area contributed by atoms with Gasteiger partial charge in [0.05, 0.1) is 17.1 Å². The fourth-order valence-corrected chi connectivity index (χ4v) is 4.72. The molecule has 2 aliphatic rings. The van der Waals surface area contributed by atoms with Crippen LogP contribution in [-0.4, -0.2) is 41.4 Å². The standard InChI is InChI=1S/C25H26N2O6S/c1-15(23(28)27-17-8-11-21-22(14-17)33-13-12-32-21)34-18-9-6-16(7-10-18)26-24(29)19-4-2-3-5-20(19)25(30)31/h2-3,6-11,14-15,19-20H,4-5,12-13H2,1H3,(H,26,29)(H,27,28)(H,30,31). The fourth-order valence-electron chi connectivity index (χ4n) is 3.85. The number of anilines is 2. The van der Waals surface area contributed by atoms with Gasteiger partial charge in [-0.1, -0.05) is 12.2 Å². The lowest BCUT2D eigenvalue weighted by Gasteiger charge is -2.24. The van der Waals surface area contributed by atoms with E-state index in [2.05, 4.69) is 10.6 Å². The Hall–Kier alpha value is -3.46. The van der Waals surface area contributed by atoms with Gasteiger partial charge in [-0.05, 0) is 56.2 Å². The number of hydrogen-bond acceptors (Lipinski definition) is 6. The van der Waals surface area contributed by atoms with Crippen molar-refractivity contribution in [1.82, 2.24) is 0 Å². The molecule has 0 bridgehead atoms. The van der Waals surface area contributed by atoms with Gasteiger partial charge in [0.15, 0.2) is 11.5 Å². The predicted octanol–water partition coefficient (Wildman–Crippen LogP) is 4.18. The van der Waals surface area contributed by atoms with E-state index in [4.69, 9.17) is 9.47 Å². The number of nitrogens with one attached hydrogen (secondary N) is 2. The molecular weight excluding hydrogens is 456 g/mol. The van der Waals surface area contributed by atoms with Crippen LogP contribution in [0.2, 0.25) is 0 Å². The number of ether oxygens (including phenoxy) is 2. The van der Waals surface area contributed by atoms with Gasteiger partial charge < -0.3 is 25.2 Å². The Morgan fingerprint density at radius 3 is 2.26 bits per heavy atom. The molecule has 1 aliphatic carbocycles. The Kier molecular flexibility index (Phi) is 7.42. The summed E-state index contributed by atoms with van der Waals surface area (Å²) in [5.41, 5.74) is 1.22. The number of thioether (sulfide) groups is 1. The van der Waals surface area contributed by atoms with Crippen LogP contribution in [0.4, 0.5) is 11.4 Å². The van der Waals surface area contributed by atoms with Gasteiger partial charge in [-0.3, -0.25) is 14.4 Å². The van der Waals surface area contributed by atoms with Crippen molar-refractivity contribution in [2.45, 2.75) is 29.9 Å². The lowest BCUT2D eigenvalue weighted by molar-refractivity contribution is -0.146. The molecule has 0 fully saturated rings. The quantitative estimate of drug-likeness (QED) is 0.401. The molecule has 0 saturated carbocycles. The summed E-state index contributed by atoms with van der Waals surface area (Å²) in [5.74, 6) is -1.44. The summed E-state index contributed by atoms with van der Waals surface area (Å²) in [7, 11) is 0. The van der Waals surface area contributed by atoms with Crippen LogP contribution >= 0.6 is 11.8 Å². The first-order valence-corrected chi connectivity index (χ1v) is 11.9. The molecule has 0 aromatic heterocycles. The fraction of sp³-hybridized carbons (Fsp3) is 0.320. The van der Waals surface area contributed by atoms with Crippen molar-refractivity contribution in [1.29, 1.82) is 0 Å². The molecule has 178 valence electrons. The van der Waals surface area contributed by atoms with E-state index in [0.717, 1.165) is 4.90 Å². The minimum Gasteiger partial charge on any atom is -0.486 e. The molecule has 34 heavy (non-hydrogen) atoms. The first-order valence-electron chi connectivity index (χ1n) is 11.1. The first kappa shape index (κ1) is 23.7. The van der Waals surface area contributed by atoms with Crippen LogP contribution in [0.25, 0.3) is 0 Å². The molecule has 0 spiro atoms. The van der Waals surface area contributed by atoms with E-state index in [-0.39, 0.29) is 17.1 Å². The van der Waals surface area contributed by atoms with Gasteiger partial charge in [-0.2, -0.15) is 0 Å². The maximum atomic E-state index is 12.6. The largest absolute Gasteiger partial charge is 0.486 e. The highest BCUT2D eigenvalue weighted by atomic mass is 32.2. The Labute approximate surface area is 201 Å². The topological polar surface area (TPSA) is 114 Å². The molecule has 2 aromatic carbocycles. The molecule has 0 saturated heterocycles. The van der Waals surface area contributed by atoms with Crippen molar-refractivity contribution in [2.24, 2.45) is 11.8 Å². The van der Waals surface area contributed by atoms with Crippen molar-refractivity contribution in [3.63, 3.8) is 0 Å². The Morgan fingerprint density at radius 1 is 0.912 bits per heavy atom. The van der Waals surface area contributed by atoms with Crippen molar-refractivity contribution < 1.29 is 29.0 Å². The number of carboxylic acid groups (broad SMARTS) is 1. The van der Waals surface area contributed by atoms with E-state index >= 15 is 0 Å². The molecule has 1 aliphatic heterocycles. The number of allylic oxidation sites excluding steroid dienone is 2. The van der Waals surface area contributed by atoms with E-state index in [9.17, 15) is 19.5 Å². The SMILES string of the molecule is CC(Sc1ccc(NC(=O)C2CC=CCC2C(=O)O)cc1)C(=O)Nc1ccc2c(c1)OCCO2. The number of amides is 2. The van der Waals surface area contributed by atoms with Crippen LogP contribution in [0.15, 0.2) is 59.5 Å². The Morgan fingerprint density at radius 2 is 1.56 bits per heavy atom. The molecule has 4 rings (SSSR count). The van der Waals surface area contributed by atoms with Crippen LogP contribution in [0.1, 0.15) is 19.8 Å². The normalized spacial score (nSPS) is 19.7. The average molecular weight is 483 g/mol. The smallest absolute Gasteiger partial charge is 0.307 e. The highest BCUT2D eigenvalue weighted by molar-refractivity contribution is 8.00. The summed E-state index contributed by atoms with van der Waals surface area (Å²) in [5, 5.41) is 14.7. The van der Waals surface area contributed by atoms with Gasteiger partial charge in [0, 0.05) is 22.3 Å². The zero-order valence-electron chi connectivity index (χ0n) is 18.7. The minimum atomic E-state index is -0.959. The molecule has 9 heteroatoms. The Balaban J connectivity index is 1.31. The number of carbonyl (C=O) groups excluding carboxylic acids is 2. The summed E-state index contributed by atoms with van der Waals surface area (Å²) in [4.78, 5) is 37.6. The number of benzene rings is 2. The molecule has 2 amide bonds. The van der Waals surface area contributed by atoms with Gasteiger partial charge in [-0.15, -0.1) is 11.8 Å². The second-order valence-electron chi connectivity index (χ2n) is 8.12. The van der Waals surface area contributed by atoms with E-state index in [0.29, 0.717) is 48.9 Å². The van der Waals surface area contributed by atoms with E-state index in [1.54, 1.807) is 36.4 Å². The maximum Gasteiger partial charge on any atom is 0.307 e. The maximum absolute atomic E-state index is 12.6. The van der Waals surface area contributed by atoms with Crippen LogP contribution in [0.3, 0.4) is 0 Å². The van der Waals surface area contributed by atoms with Crippen LogP contribution in [-0.2, 0) is 14.4 Å². The number of hydrogen-bond donors (Lipinski definition) is 3. The van der Waals surface area contributed by atoms with Gasteiger partial charge >= 0.3 is 5.97 Å². The molecule has 3 atom stereocenters. The molecule has 0 radical (unpaired) electrons. The third-order valence-electron chi connectivity index (χ3n) is 5.70. The number of fused-ring (bicyclic) bond motifs is 1. The molecule has 3 N–H and O–H groups in total. The summed E-state index contributed by atoms with van der Waals surface area (Å²) >= 11 is 1.39. The average Bonchev–Trinajstić information content (AvgIpc) is 2.85. The van der Waals surface area contributed by atoms with Crippen LogP contribution < -0.4 is 20.1 Å². The summed E-state index contributed by atoms with van der Waals surface area (Å²) < 4.78 is 11.0. The summed E-state index contributed by atoms with van der Waals surface area (Å²) in [6, 6.07) is 12.4. The second-order valence-corrected chi connectivity index (χ2v) is 9.53. The predicted molar refractivity (Wildman–Crippen MR) is 129 cm³/mol. The summed E-state index contributed by atoms with van der Waals surface area (Å²) in [6.45, 7) is 2.80. The van der Waals surface area contributed by atoms with Gasteiger partial charge in [0.2, 0.25) is 11.8 Å². The van der Waals surface area contributed by atoms with E-state index < -0.39 is 17.8 Å². The van der Waals surface area contributed by atoms with Crippen molar-refractivity contribution in [3.05, 3.63) is 54.6 Å². The molecule has 8 nitrogen and oxygen atoms in total. The molecule has 3 unspecified atom stereocenters. The van der Waals surface area contributed by atoms with Crippen molar-refractivity contribution in [3.8, 4) is 11.5 Å². The zero-order chi connectivity index (χ0) is 24.1. The molecule has 2 aromatic rings. The van der Waals surface area contributed by atoms with E-state index in [1.165, 1.54) is 11.8 Å². The first-order chi connectivity index (χ1) is 16.4. The van der Waals surface area contributed by atoms with Crippen LogP contribution in [0.5, 0.6) is 11.5 Å². The van der Waals surface area contributed by atoms with Crippen molar-refractivity contribution >= 4 is 40.9 Å². The lowest BCUT2D eigenvalue weighted by atomic mass is 9.82. The highest BCUT2D eigenvalue weighted by Gasteiger charge is 2.34. The van der Waals surface area contributed by atoms with Gasteiger partial charge in [0.1, 0.15) is 13.2 Å². The van der Waals surface area contributed by atoms with Crippen LogP contribution in [0, 0.1) is 11.8 Å². The molecule has 1 heterocycles. The van der Waals surface area contributed by atoms with E-state index in [1.807, 2.05) is 25.1 Å². The molecular formula is C25H26N2O6S. The third kappa shape index (κ3) is 5.72. The Bertz CT molecular complexity index is 1100. The number of carbonyl (C=O) groups is 3. The van der Waals surface area contributed by atoms with Crippen molar-refractivity contribution in [2.75, 3.05) is 23.8 Å². The third-order valence-corrected chi connectivity index (χ3v) is 6.81. The number of carboxylic acids is 1. The number of rotatable bonds is 7. The zero-order valence-corrected chi connectivity index (χ0v) is 19.5. The minimum absolute atomic E-state index is 0.149. The number of aliphatic carboxylic acids is 1.